The summed E-state index contributed by atoms with van der Waals surface area (Å²) in [7, 11) is 3.45. The Hall–Kier alpha value is -4.46. The fraction of sp³-hybridized carbons (Fsp3) is 0.214. The lowest BCUT2D eigenvalue weighted by Gasteiger charge is -2.05. The molecule has 8 heteroatoms. The van der Waals surface area contributed by atoms with Crippen molar-refractivity contribution in [1.82, 2.24) is 34.2 Å². The van der Waals surface area contributed by atoms with E-state index in [0.717, 1.165) is 30.3 Å². The highest BCUT2D eigenvalue weighted by atomic mass is 16.2. The van der Waals surface area contributed by atoms with Gasteiger partial charge < -0.3 is 14.0 Å². The molecule has 5 aromatic rings. The zero-order valence-electron chi connectivity index (χ0n) is 21.2. The number of benzene rings is 2. The van der Waals surface area contributed by atoms with E-state index in [1.165, 1.54) is 23.0 Å². The van der Waals surface area contributed by atoms with Gasteiger partial charge >= 0.3 is 0 Å². The Balaban J connectivity index is 0.000000173. The molecule has 0 spiro atoms. The number of nitrogens with zero attached hydrogens (tertiary/aromatic N) is 6. The fourth-order valence-electron chi connectivity index (χ4n) is 3.16. The molecule has 8 nitrogen and oxygen atoms in total. The number of aryl methyl sites for hydroxylation is 1. The minimum atomic E-state index is 0.0926. The molecule has 0 atom stereocenters. The third-order valence-corrected chi connectivity index (χ3v) is 5.24. The van der Waals surface area contributed by atoms with Gasteiger partial charge in [0.25, 0.3) is 0 Å². The van der Waals surface area contributed by atoms with Crippen LogP contribution in [0.25, 0.3) is 11.5 Å². The lowest BCUT2D eigenvalue weighted by atomic mass is 10.2. The van der Waals surface area contributed by atoms with E-state index in [1.54, 1.807) is 20.3 Å². The number of carbonyl (C=O) groups is 1. The third-order valence-electron chi connectivity index (χ3n) is 5.24. The smallest absolute Gasteiger partial charge is 0.218 e. The van der Waals surface area contributed by atoms with Gasteiger partial charge in [0.2, 0.25) is 5.91 Å². The van der Waals surface area contributed by atoms with Crippen molar-refractivity contribution in [3.05, 3.63) is 115 Å². The minimum Gasteiger partial charge on any atom is -0.349 e. The second kappa shape index (κ2) is 13.4. The van der Waals surface area contributed by atoms with Gasteiger partial charge in [-0.1, -0.05) is 60.7 Å². The highest BCUT2D eigenvalue weighted by Gasteiger charge is 2.09. The largest absolute Gasteiger partial charge is 0.349 e. The summed E-state index contributed by atoms with van der Waals surface area (Å²) in [6.45, 7) is 5.23. The van der Waals surface area contributed by atoms with Crippen LogP contribution in [0.1, 0.15) is 23.7 Å². The molecule has 3 heterocycles. The van der Waals surface area contributed by atoms with Gasteiger partial charge in [0.05, 0.1) is 6.33 Å². The Labute approximate surface area is 212 Å². The molecular formula is C28H33N7O. The summed E-state index contributed by atoms with van der Waals surface area (Å²) < 4.78 is 4.15. The number of carbonyl (C=O) groups excluding carboxylic acids is 1. The SMILES string of the molecule is CC(=O)N(C)C.Cc1cc(-c2nccn2Cc2ccccc2)n[nH]1.c1ccc(Cn2ccnc2)cc1. The summed E-state index contributed by atoms with van der Waals surface area (Å²) in [6, 6.07) is 22.7. The fourth-order valence-corrected chi connectivity index (χ4v) is 3.16. The maximum absolute atomic E-state index is 10.1. The number of hydrogen-bond acceptors (Lipinski definition) is 4. The second-order valence-corrected chi connectivity index (χ2v) is 8.43. The summed E-state index contributed by atoms with van der Waals surface area (Å²) in [4.78, 5) is 20.0. The van der Waals surface area contributed by atoms with Gasteiger partial charge in [0, 0.05) is 64.6 Å². The monoisotopic (exact) mass is 483 g/mol. The molecule has 3 aromatic heterocycles. The summed E-state index contributed by atoms with van der Waals surface area (Å²) in [5, 5.41) is 7.20. The molecule has 0 fully saturated rings. The number of H-pyrrole nitrogens is 1. The second-order valence-electron chi connectivity index (χ2n) is 8.43. The first-order chi connectivity index (χ1) is 17.4. The van der Waals surface area contributed by atoms with Crippen LogP contribution in [-0.2, 0) is 17.9 Å². The first kappa shape index (κ1) is 26.2. The molecule has 0 aliphatic rings. The lowest BCUT2D eigenvalue weighted by molar-refractivity contribution is -0.126. The Morgan fingerprint density at radius 3 is 2.03 bits per heavy atom. The molecule has 0 bridgehead atoms. The zero-order chi connectivity index (χ0) is 25.8. The van der Waals surface area contributed by atoms with Crippen LogP contribution in [0.3, 0.4) is 0 Å². The number of aromatic nitrogens is 6. The van der Waals surface area contributed by atoms with Gasteiger partial charge in [-0.05, 0) is 24.1 Å². The van der Waals surface area contributed by atoms with E-state index < -0.39 is 0 Å². The lowest BCUT2D eigenvalue weighted by Crippen LogP contribution is -2.17. The molecular weight excluding hydrogens is 450 g/mol. The van der Waals surface area contributed by atoms with E-state index in [2.05, 4.69) is 53.6 Å². The van der Waals surface area contributed by atoms with Crippen molar-refractivity contribution in [2.24, 2.45) is 0 Å². The van der Waals surface area contributed by atoms with Crippen molar-refractivity contribution in [2.45, 2.75) is 26.9 Å². The van der Waals surface area contributed by atoms with Crippen molar-refractivity contribution in [1.29, 1.82) is 0 Å². The van der Waals surface area contributed by atoms with E-state index in [-0.39, 0.29) is 5.91 Å². The van der Waals surface area contributed by atoms with E-state index in [9.17, 15) is 4.79 Å². The number of imidazole rings is 2. The van der Waals surface area contributed by atoms with Crippen molar-refractivity contribution >= 4 is 5.91 Å². The molecule has 36 heavy (non-hydrogen) atoms. The molecule has 186 valence electrons. The number of hydrogen-bond donors (Lipinski definition) is 1. The predicted molar refractivity (Wildman–Crippen MR) is 142 cm³/mol. The van der Waals surface area contributed by atoms with Crippen LogP contribution in [0, 0.1) is 6.92 Å². The van der Waals surface area contributed by atoms with Gasteiger partial charge in [-0.15, -0.1) is 0 Å². The minimum absolute atomic E-state index is 0.0926. The summed E-state index contributed by atoms with van der Waals surface area (Å²) in [5.74, 6) is 0.984. The molecule has 2 aromatic carbocycles. The van der Waals surface area contributed by atoms with Crippen LogP contribution < -0.4 is 0 Å². The molecule has 0 saturated carbocycles. The van der Waals surface area contributed by atoms with Gasteiger partial charge in [-0.25, -0.2) is 9.97 Å². The van der Waals surface area contributed by atoms with Crippen molar-refractivity contribution in [3.63, 3.8) is 0 Å². The summed E-state index contributed by atoms with van der Waals surface area (Å²) in [5.41, 5.74) is 4.48. The first-order valence-corrected chi connectivity index (χ1v) is 11.7. The molecule has 1 amide bonds. The first-order valence-electron chi connectivity index (χ1n) is 11.7. The summed E-state index contributed by atoms with van der Waals surface area (Å²) in [6.07, 6.45) is 9.37. The average Bonchev–Trinajstić information content (AvgIpc) is 3.64. The third kappa shape index (κ3) is 8.39. The number of rotatable bonds is 5. The molecule has 0 unspecified atom stereocenters. The molecule has 1 N–H and O–H groups in total. The Kier molecular flexibility index (Phi) is 9.76. The summed E-state index contributed by atoms with van der Waals surface area (Å²) >= 11 is 0. The molecule has 0 aliphatic heterocycles. The molecule has 0 aliphatic carbocycles. The van der Waals surface area contributed by atoms with Crippen LogP contribution in [0.5, 0.6) is 0 Å². The maximum Gasteiger partial charge on any atom is 0.218 e. The van der Waals surface area contributed by atoms with E-state index in [1.807, 2.05) is 74.3 Å². The highest BCUT2D eigenvalue weighted by Crippen LogP contribution is 2.16. The topological polar surface area (TPSA) is 84.6 Å². The number of aromatic amines is 1. The molecule has 0 radical (unpaired) electrons. The predicted octanol–water partition coefficient (Wildman–Crippen LogP) is 4.66. The van der Waals surface area contributed by atoms with Crippen molar-refractivity contribution in [2.75, 3.05) is 14.1 Å². The van der Waals surface area contributed by atoms with Gasteiger partial charge in [0.1, 0.15) is 5.69 Å². The van der Waals surface area contributed by atoms with Crippen LogP contribution in [-0.4, -0.2) is 54.2 Å². The number of nitrogens with one attached hydrogen (secondary N) is 1. The Morgan fingerprint density at radius 2 is 1.53 bits per heavy atom. The van der Waals surface area contributed by atoms with Crippen LogP contribution in [0.15, 0.2) is 97.8 Å². The van der Waals surface area contributed by atoms with E-state index >= 15 is 0 Å². The number of amides is 1. The van der Waals surface area contributed by atoms with E-state index in [4.69, 9.17) is 0 Å². The van der Waals surface area contributed by atoms with Crippen LogP contribution >= 0.6 is 0 Å². The standard InChI is InChI=1S/C14H14N4.C10H10N2.C4H9NO/c1-11-9-13(17-16-11)14-15-7-8-18(14)10-12-5-3-2-4-6-12;1-2-4-10(5-3-1)8-12-7-6-11-9-12;1-4(6)5(2)3/h2-9H,10H2,1H3,(H,16,17);1-7,9H,8H2;1-3H3. The van der Waals surface area contributed by atoms with Crippen molar-refractivity contribution in [3.8, 4) is 11.5 Å². The maximum atomic E-state index is 10.1. The van der Waals surface area contributed by atoms with Gasteiger partial charge in [0.15, 0.2) is 5.82 Å². The molecule has 0 saturated heterocycles. The zero-order valence-corrected chi connectivity index (χ0v) is 21.2. The highest BCUT2D eigenvalue weighted by molar-refractivity contribution is 5.72. The van der Waals surface area contributed by atoms with Crippen LogP contribution in [0.4, 0.5) is 0 Å². The average molecular weight is 484 g/mol. The Morgan fingerprint density at radius 1 is 0.917 bits per heavy atom. The van der Waals surface area contributed by atoms with E-state index in [0.29, 0.717) is 0 Å². The van der Waals surface area contributed by atoms with Gasteiger partial charge in [-0.3, -0.25) is 9.89 Å². The van der Waals surface area contributed by atoms with Crippen molar-refractivity contribution < 1.29 is 4.79 Å². The molecule has 5 rings (SSSR count). The van der Waals surface area contributed by atoms with Crippen LogP contribution in [0.2, 0.25) is 0 Å². The quantitative estimate of drug-likeness (QED) is 0.394. The Bertz CT molecular complexity index is 1290. The normalized spacial score (nSPS) is 10.0. The van der Waals surface area contributed by atoms with Gasteiger partial charge in [-0.2, -0.15) is 5.10 Å².